The first-order chi connectivity index (χ1) is 10.8. The van der Waals surface area contributed by atoms with Gasteiger partial charge in [-0.2, -0.15) is 5.26 Å². The second kappa shape index (κ2) is 5.24. The average molecular weight is 297 g/mol. The van der Waals surface area contributed by atoms with E-state index in [0.717, 1.165) is 55.9 Å². The summed E-state index contributed by atoms with van der Waals surface area (Å²) in [5.74, 6) is 2.10. The minimum atomic E-state index is -0.0827. The Morgan fingerprint density at radius 2 is 2.14 bits per heavy atom. The molecule has 2 fully saturated rings. The molecule has 6 heteroatoms. The molecular weight excluding hydrogens is 278 g/mol. The number of amides is 1. The standard InChI is InChI=1S/C16H19N5O/c17-8-10-2-1-7-21(9-10)15-12-5-6-18-16(22)13(12)19-14(20-15)11-3-4-11/h10-11H,1-7,9H2,(H,18,22). The smallest absolute Gasteiger partial charge is 0.270 e. The Kier molecular flexibility index (Phi) is 3.21. The fraction of sp³-hybridized carbons (Fsp3) is 0.625. The first kappa shape index (κ1) is 13.5. The molecule has 1 aromatic rings. The third-order valence-electron chi connectivity index (χ3n) is 4.72. The van der Waals surface area contributed by atoms with Crippen LogP contribution >= 0.6 is 0 Å². The molecule has 1 N–H and O–H groups in total. The minimum absolute atomic E-state index is 0.0566. The van der Waals surface area contributed by atoms with E-state index in [2.05, 4.69) is 21.3 Å². The zero-order chi connectivity index (χ0) is 15.1. The Hall–Kier alpha value is -2.16. The number of rotatable bonds is 2. The van der Waals surface area contributed by atoms with Crippen molar-refractivity contribution < 1.29 is 4.79 Å². The molecule has 0 aromatic carbocycles. The van der Waals surface area contributed by atoms with Crippen LogP contribution in [-0.4, -0.2) is 35.5 Å². The van der Waals surface area contributed by atoms with Crippen LogP contribution in [0.4, 0.5) is 5.82 Å². The van der Waals surface area contributed by atoms with Crippen LogP contribution in [0.5, 0.6) is 0 Å². The summed E-state index contributed by atoms with van der Waals surface area (Å²) in [6.45, 7) is 2.26. The topological polar surface area (TPSA) is 81.9 Å². The zero-order valence-electron chi connectivity index (χ0n) is 12.5. The van der Waals surface area contributed by atoms with Crippen LogP contribution in [0.3, 0.4) is 0 Å². The third-order valence-corrected chi connectivity index (χ3v) is 4.72. The average Bonchev–Trinajstić information content (AvgIpc) is 3.39. The number of anilines is 1. The maximum Gasteiger partial charge on any atom is 0.270 e. The molecule has 1 unspecified atom stereocenters. The molecule has 1 aliphatic carbocycles. The summed E-state index contributed by atoms with van der Waals surface area (Å²) in [5.41, 5.74) is 1.52. The van der Waals surface area contributed by atoms with Crippen molar-refractivity contribution in [3.8, 4) is 6.07 Å². The van der Waals surface area contributed by atoms with Crippen LogP contribution in [-0.2, 0) is 6.42 Å². The van der Waals surface area contributed by atoms with Crippen LogP contribution in [0, 0.1) is 17.2 Å². The Balaban J connectivity index is 1.76. The van der Waals surface area contributed by atoms with Crippen LogP contribution in [0.1, 0.15) is 53.5 Å². The van der Waals surface area contributed by atoms with E-state index >= 15 is 0 Å². The molecule has 114 valence electrons. The highest BCUT2D eigenvalue weighted by atomic mass is 16.1. The summed E-state index contributed by atoms with van der Waals surface area (Å²) in [4.78, 5) is 23.7. The van der Waals surface area contributed by atoms with Crippen LogP contribution in [0.25, 0.3) is 0 Å². The normalized spacial score (nSPS) is 24.4. The van der Waals surface area contributed by atoms with Gasteiger partial charge >= 0.3 is 0 Å². The zero-order valence-corrected chi connectivity index (χ0v) is 12.5. The van der Waals surface area contributed by atoms with E-state index in [-0.39, 0.29) is 11.8 Å². The quantitative estimate of drug-likeness (QED) is 0.892. The fourth-order valence-corrected chi connectivity index (χ4v) is 3.35. The number of piperidine rings is 1. The van der Waals surface area contributed by atoms with Gasteiger partial charge in [-0.05, 0) is 32.1 Å². The number of carbonyl (C=O) groups excluding carboxylic acids is 1. The Morgan fingerprint density at radius 3 is 2.91 bits per heavy atom. The van der Waals surface area contributed by atoms with Crippen molar-refractivity contribution in [2.24, 2.45) is 5.92 Å². The molecule has 3 aliphatic rings. The van der Waals surface area contributed by atoms with E-state index in [1.165, 1.54) is 0 Å². The van der Waals surface area contributed by atoms with Crippen molar-refractivity contribution in [2.45, 2.75) is 38.0 Å². The SMILES string of the molecule is N#CC1CCCN(c2nc(C3CC3)nc3c2CCNC3=O)C1. The fourth-order valence-electron chi connectivity index (χ4n) is 3.35. The predicted molar refractivity (Wildman–Crippen MR) is 80.6 cm³/mol. The van der Waals surface area contributed by atoms with Gasteiger partial charge in [-0.3, -0.25) is 4.79 Å². The molecule has 4 rings (SSSR count). The van der Waals surface area contributed by atoms with Crippen molar-refractivity contribution in [1.29, 1.82) is 5.26 Å². The Labute approximate surface area is 129 Å². The van der Waals surface area contributed by atoms with Gasteiger partial charge in [0.2, 0.25) is 0 Å². The lowest BCUT2D eigenvalue weighted by Crippen LogP contribution is -2.39. The Morgan fingerprint density at radius 1 is 1.27 bits per heavy atom. The molecule has 1 aromatic heterocycles. The summed E-state index contributed by atoms with van der Waals surface area (Å²) in [6, 6.07) is 2.38. The molecule has 2 aliphatic heterocycles. The summed E-state index contributed by atoms with van der Waals surface area (Å²) in [7, 11) is 0. The molecule has 0 bridgehead atoms. The Bertz CT molecular complexity index is 661. The lowest BCUT2D eigenvalue weighted by Gasteiger charge is -2.33. The second-order valence-corrected chi connectivity index (χ2v) is 6.43. The maximum atomic E-state index is 12.2. The van der Waals surface area contributed by atoms with Crippen LogP contribution in [0.2, 0.25) is 0 Å². The minimum Gasteiger partial charge on any atom is -0.355 e. The molecule has 1 amide bonds. The first-order valence-electron chi connectivity index (χ1n) is 8.10. The summed E-state index contributed by atoms with van der Waals surface area (Å²) >= 11 is 0. The molecule has 1 atom stereocenters. The van der Waals surface area contributed by atoms with Gasteiger partial charge in [-0.15, -0.1) is 0 Å². The van der Waals surface area contributed by atoms with E-state index in [4.69, 9.17) is 4.98 Å². The number of nitrogens with zero attached hydrogens (tertiary/aromatic N) is 4. The first-order valence-corrected chi connectivity index (χ1v) is 8.10. The monoisotopic (exact) mass is 297 g/mol. The van der Waals surface area contributed by atoms with Crippen molar-refractivity contribution >= 4 is 11.7 Å². The maximum absolute atomic E-state index is 12.2. The number of hydrogen-bond donors (Lipinski definition) is 1. The van der Waals surface area contributed by atoms with Gasteiger partial charge < -0.3 is 10.2 Å². The van der Waals surface area contributed by atoms with Crippen molar-refractivity contribution in [1.82, 2.24) is 15.3 Å². The number of fused-ring (bicyclic) bond motifs is 1. The highest BCUT2D eigenvalue weighted by Gasteiger charge is 2.33. The van der Waals surface area contributed by atoms with Gasteiger partial charge in [-0.1, -0.05) is 0 Å². The molecule has 0 radical (unpaired) electrons. The molecule has 1 saturated heterocycles. The molecule has 0 spiro atoms. The number of aromatic nitrogens is 2. The predicted octanol–water partition coefficient (Wildman–Crippen LogP) is 1.38. The van der Waals surface area contributed by atoms with Crippen molar-refractivity contribution in [3.05, 3.63) is 17.1 Å². The van der Waals surface area contributed by atoms with Crippen LogP contribution in [0.15, 0.2) is 0 Å². The van der Waals surface area contributed by atoms with Crippen LogP contribution < -0.4 is 10.2 Å². The number of nitrogens with one attached hydrogen (secondary N) is 1. The highest BCUT2D eigenvalue weighted by molar-refractivity contribution is 5.96. The lowest BCUT2D eigenvalue weighted by molar-refractivity contribution is 0.0940. The molecular formula is C16H19N5O. The van der Waals surface area contributed by atoms with Gasteiger partial charge in [0.1, 0.15) is 17.3 Å². The molecule has 6 nitrogen and oxygen atoms in total. The largest absolute Gasteiger partial charge is 0.355 e. The molecule has 1 saturated carbocycles. The van der Waals surface area contributed by atoms with Gasteiger partial charge in [0.25, 0.3) is 5.91 Å². The van der Waals surface area contributed by atoms with Gasteiger partial charge in [0.05, 0.1) is 12.0 Å². The third kappa shape index (κ3) is 2.31. The van der Waals surface area contributed by atoms with E-state index in [1.807, 2.05) is 0 Å². The van der Waals surface area contributed by atoms with Gasteiger partial charge in [0.15, 0.2) is 0 Å². The molecule has 22 heavy (non-hydrogen) atoms. The lowest BCUT2D eigenvalue weighted by atomic mass is 9.98. The highest BCUT2D eigenvalue weighted by Crippen LogP contribution is 2.40. The van der Waals surface area contributed by atoms with E-state index < -0.39 is 0 Å². The second-order valence-electron chi connectivity index (χ2n) is 6.43. The number of nitriles is 1. The summed E-state index contributed by atoms with van der Waals surface area (Å²) in [6.07, 6.45) is 4.95. The van der Waals surface area contributed by atoms with E-state index in [9.17, 15) is 10.1 Å². The van der Waals surface area contributed by atoms with Gasteiger partial charge in [0, 0.05) is 31.1 Å². The van der Waals surface area contributed by atoms with Crippen molar-refractivity contribution in [3.63, 3.8) is 0 Å². The summed E-state index contributed by atoms with van der Waals surface area (Å²) in [5, 5.41) is 12.1. The molecule has 3 heterocycles. The van der Waals surface area contributed by atoms with Crippen molar-refractivity contribution in [2.75, 3.05) is 24.5 Å². The van der Waals surface area contributed by atoms with E-state index in [0.29, 0.717) is 24.7 Å². The number of carbonyl (C=O) groups is 1. The summed E-state index contributed by atoms with van der Waals surface area (Å²) < 4.78 is 0. The van der Waals surface area contributed by atoms with E-state index in [1.54, 1.807) is 0 Å². The van der Waals surface area contributed by atoms with Gasteiger partial charge in [-0.25, -0.2) is 9.97 Å². The number of hydrogen-bond acceptors (Lipinski definition) is 5.